The largest absolute Gasteiger partial charge is 0.497 e. The number of carboxylic acid groups (broad SMARTS) is 1. The van der Waals surface area contributed by atoms with E-state index in [0.29, 0.717) is 0 Å². The second-order valence-corrected chi connectivity index (χ2v) is 4.80. The number of ether oxygens (including phenoxy) is 1. The second-order valence-electron chi connectivity index (χ2n) is 4.80. The standard InChI is InChI=1S/C14H16O3/c1-14(9-13(15)16)6-5-10-7-12(17-2)4-3-11(10)8-14/h3-7H,8-9H2,1-2H3,(H,15,16)/t14-/m0/s1. The first-order chi connectivity index (χ1) is 8.02. The van der Waals surface area contributed by atoms with Gasteiger partial charge >= 0.3 is 5.97 Å². The van der Waals surface area contributed by atoms with Crippen molar-refractivity contribution in [1.82, 2.24) is 0 Å². The molecule has 90 valence electrons. The van der Waals surface area contributed by atoms with Gasteiger partial charge in [-0.1, -0.05) is 25.1 Å². The first-order valence-electron chi connectivity index (χ1n) is 5.60. The number of hydrogen-bond donors (Lipinski definition) is 1. The molecular weight excluding hydrogens is 216 g/mol. The quantitative estimate of drug-likeness (QED) is 0.871. The maximum atomic E-state index is 10.8. The Morgan fingerprint density at radius 1 is 1.53 bits per heavy atom. The second kappa shape index (κ2) is 4.24. The molecule has 1 aromatic carbocycles. The summed E-state index contributed by atoms with van der Waals surface area (Å²) < 4.78 is 5.17. The minimum atomic E-state index is -0.755. The Balaban J connectivity index is 2.29. The molecule has 1 N–H and O–H groups in total. The van der Waals surface area contributed by atoms with E-state index >= 15 is 0 Å². The highest BCUT2D eigenvalue weighted by molar-refractivity contribution is 5.70. The molecule has 0 saturated carbocycles. The number of benzene rings is 1. The van der Waals surface area contributed by atoms with Crippen molar-refractivity contribution in [2.24, 2.45) is 5.41 Å². The maximum absolute atomic E-state index is 10.8. The summed E-state index contributed by atoms with van der Waals surface area (Å²) in [5.74, 6) is 0.0735. The molecule has 0 spiro atoms. The monoisotopic (exact) mass is 232 g/mol. The van der Waals surface area contributed by atoms with E-state index in [9.17, 15) is 4.79 Å². The molecule has 0 amide bonds. The van der Waals surface area contributed by atoms with Crippen LogP contribution in [0.3, 0.4) is 0 Å². The minimum absolute atomic E-state index is 0.162. The van der Waals surface area contributed by atoms with E-state index in [1.165, 1.54) is 5.56 Å². The van der Waals surface area contributed by atoms with Crippen molar-refractivity contribution < 1.29 is 14.6 Å². The minimum Gasteiger partial charge on any atom is -0.497 e. The van der Waals surface area contributed by atoms with Gasteiger partial charge in [-0.15, -0.1) is 0 Å². The Kier molecular flexibility index (Phi) is 2.92. The Labute approximate surface area is 101 Å². The smallest absolute Gasteiger partial charge is 0.304 e. The van der Waals surface area contributed by atoms with Crippen LogP contribution in [0, 0.1) is 5.41 Å². The molecule has 2 rings (SSSR count). The average Bonchev–Trinajstić information content (AvgIpc) is 2.27. The topological polar surface area (TPSA) is 46.5 Å². The summed E-state index contributed by atoms with van der Waals surface area (Å²) in [6.07, 6.45) is 4.90. The molecule has 1 aliphatic carbocycles. The number of methoxy groups -OCH3 is 1. The molecule has 1 aliphatic rings. The lowest BCUT2D eigenvalue weighted by Gasteiger charge is -2.28. The zero-order chi connectivity index (χ0) is 12.5. The molecule has 0 aromatic heterocycles. The number of fused-ring (bicyclic) bond motifs is 1. The first-order valence-corrected chi connectivity index (χ1v) is 5.60. The van der Waals surface area contributed by atoms with Crippen molar-refractivity contribution >= 4 is 12.0 Å². The summed E-state index contributed by atoms with van der Waals surface area (Å²) in [5, 5.41) is 8.91. The Hall–Kier alpha value is -1.77. The highest BCUT2D eigenvalue weighted by Gasteiger charge is 2.28. The van der Waals surface area contributed by atoms with Gasteiger partial charge in [0.2, 0.25) is 0 Å². The van der Waals surface area contributed by atoms with Crippen LogP contribution in [-0.4, -0.2) is 18.2 Å². The molecule has 3 nitrogen and oxygen atoms in total. The zero-order valence-corrected chi connectivity index (χ0v) is 10.1. The molecule has 3 heteroatoms. The third-order valence-electron chi connectivity index (χ3n) is 3.17. The maximum Gasteiger partial charge on any atom is 0.304 e. The van der Waals surface area contributed by atoms with Crippen LogP contribution >= 0.6 is 0 Å². The van der Waals surface area contributed by atoms with E-state index in [0.717, 1.165) is 17.7 Å². The molecular formula is C14H16O3. The van der Waals surface area contributed by atoms with Gasteiger partial charge in [0.05, 0.1) is 13.5 Å². The van der Waals surface area contributed by atoms with Crippen LogP contribution in [0.1, 0.15) is 24.5 Å². The molecule has 0 radical (unpaired) electrons. The highest BCUT2D eigenvalue weighted by atomic mass is 16.5. The van der Waals surface area contributed by atoms with E-state index in [4.69, 9.17) is 9.84 Å². The number of hydrogen-bond acceptors (Lipinski definition) is 2. The van der Waals surface area contributed by atoms with E-state index in [1.807, 2.05) is 37.3 Å². The van der Waals surface area contributed by atoms with Gasteiger partial charge in [0.15, 0.2) is 0 Å². The molecule has 1 aromatic rings. The molecule has 0 aliphatic heterocycles. The van der Waals surface area contributed by atoms with Crippen LogP contribution in [-0.2, 0) is 11.2 Å². The lowest BCUT2D eigenvalue weighted by atomic mass is 9.75. The lowest BCUT2D eigenvalue weighted by Crippen LogP contribution is -2.23. The number of carbonyl (C=O) groups is 1. The van der Waals surface area contributed by atoms with E-state index in [-0.39, 0.29) is 11.8 Å². The van der Waals surface area contributed by atoms with Gasteiger partial charge in [0, 0.05) is 5.41 Å². The van der Waals surface area contributed by atoms with Crippen molar-refractivity contribution in [2.45, 2.75) is 19.8 Å². The molecule has 17 heavy (non-hydrogen) atoms. The normalized spacial score (nSPS) is 22.0. The van der Waals surface area contributed by atoms with Gasteiger partial charge in [-0.3, -0.25) is 4.79 Å². The van der Waals surface area contributed by atoms with Gasteiger partial charge in [-0.25, -0.2) is 0 Å². The fraction of sp³-hybridized carbons (Fsp3) is 0.357. The van der Waals surface area contributed by atoms with Crippen LogP contribution in [0.15, 0.2) is 24.3 Å². The van der Waals surface area contributed by atoms with Crippen LogP contribution in [0.5, 0.6) is 5.75 Å². The van der Waals surface area contributed by atoms with E-state index in [1.54, 1.807) is 7.11 Å². The van der Waals surface area contributed by atoms with E-state index < -0.39 is 5.97 Å². The fourth-order valence-corrected chi connectivity index (χ4v) is 2.27. The average molecular weight is 232 g/mol. The summed E-state index contributed by atoms with van der Waals surface area (Å²) in [7, 11) is 1.64. The predicted molar refractivity (Wildman–Crippen MR) is 66.1 cm³/mol. The van der Waals surface area contributed by atoms with Crippen LogP contribution < -0.4 is 4.74 Å². The zero-order valence-electron chi connectivity index (χ0n) is 10.1. The van der Waals surface area contributed by atoms with Gasteiger partial charge < -0.3 is 9.84 Å². The predicted octanol–water partition coefficient (Wildman–Crippen LogP) is 2.75. The van der Waals surface area contributed by atoms with Crippen molar-refractivity contribution in [3.8, 4) is 5.75 Å². The van der Waals surface area contributed by atoms with Gasteiger partial charge in [-0.2, -0.15) is 0 Å². The van der Waals surface area contributed by atoms with Gasteiger partial charge in [0.1, 0.15) is 5.75 Å². The molecule has 0 saturated heterocycles. The number of aliphatic carboxylic acids is 1. The van der Waals surface area contributed by atoms with Crippen molar-refractivity contribution in [3.05, 3.63) is 35.4 Å². The summed E-state index contributed by atoms with van der Waals surface area (Å²) in [4.78, 5) is 10.8. The summed E-state index contributed by atoms with van der Waals surface area (Å²) in [5.41, 5.74) is 2.01. The van der Waals surface area contributed by atoms with Crippen molar-refractivity contribution in [1.29, 1.82) is 0 Å². The summed E-state index contributed by atoms with van der Waals surface area (Å²) >= 11 is 0. The van der Waals surface area contributed by atoms with Gasteiger partial charge in [-0.05, 0) is 29.7 Å². The SMILES string of the molecule is COc1ccc2c(c1)C=C[C@](C)(CC(=O)O)C2. The number of carboxylic acids is 1. The third-order valence-corrected chi connectivity index (χ3v) is 3.17. The highest BCUT2D eigenvalue weighted by Crippen LogP contribution is 2.36. The number of rotatable bonds is 3. The molecule has 0 bridgehead atoms. The molecule has 1 atom stereocenters. The fourth-order valence-electron chi connectivity index (χ4n) is 2.27. The van der Waals surface area contributed by atoms with Gasteiger partial charge in [0.25, 0.3) is 0 Å². The van der Waals surface area contributed by atoms with E-state index in [2.05, 4.69) is 0 Å². The van der Waals surface area contributed by atoms with Crippen LogP contribution in [0.4, 0.5) is 0 Å². The van der Waals surface area contributed by atoms with Crippen molar-refractivity contribution in [2.75, 3.05) is 7.11 Å². The Morgan fingerprint density at radius 3 is 2.94 bits per heavy atom. The summed E-state index contributed by atoms with van der Waals surface area (Å²) in [6.45, 7) is 1.98. The number of allylic oxidation sites excluding steroid dienone is 1. The third kappa shape index (κ3) is 2.49. The Morgan fingerprint density at radius 2 is 2.29 bits per heavy atom. The molecule has 0 unspecified atom stereocenters. The first kappa shape index (κ1) is 11.7. The Bertz CT molecular complexity index is 476. The van der Waals surface area contributed by atoms with Crippen molar-refractivity contribution in [3.63, 3.8) is 0 Å². The van der Waals surface area contributed by atoms with Crippen LogP contribution in [0.25, 0.3) is 6.08 Å². The summed E-state index contributed by atoms with van der Waals surface area (Å²) in [6, 6.07) is 5.91. The lowest BCUT2D eigenvalue weighted by molar-refractivity contribution is -0.138. The molecule has 0 heterocycles. The van der Waals surface area contributed by atoms with Crippen LogP contribution in [0.2, 0.25) is 0 Å². The molecule has 0 fully saturated rings.